The van der Waals surface area contributed by atoms with Crippen LogP contribution in [0.3, 0.4) is 0 Å². The van der Waals surface area contributed by atoms with Gasteiger partial charge in [0.25, 0.3) is 0 Å². The Morgan fingerprint density at radius 1 is 0.733 bits per heavy atom. The molecular weight excluding hydrogens is 768 g/mol. The molecule has 30 heavy (non-hydrogen) atoms. The van der Waals surface area contributed by atoms with Crippen LogP contribution < -0.4 is 0 Å². The van der Waals surface area contributed by atoms with Crippen molar-refractivity contribution in [2.24, 2.45) is 0 Å². The molecule has 0 heterocycles. The molecule has 2 aromatic carbocycles. The van der Waals surface area contributed by atoms with E-state index in [-0.39, 0.29) is 60.5 Å². The molecule has 10 heteroatoms. The van der Waals surface area contributed by atoms with Gasteiger partial charge in [-0.25, -0.2) is 22.9 Å². The third-order valence-corrected chi connectivity index (χ3v) is 8.10. The Morgan fingerprint density at radius 3 is 1.03 bits per heavy atom. The summed E-state index contributed by atoms with van der Waals surface area (Å²) in [7, 11) is 2.80. The fraction of sp³-hybridized carbons (Fsp3) is 0.500. The molecule has 0 radical (unpaired) electrons. The minimum Gasteiger partial charge on any atom is -0.409 e. The van der Waals surface area contributed by atoms with E-state index in [4.69, 9.17) is 34.4 Å². The Morgan fingerprint density at radius 2 is 0.967 bits per heavy atom. The first-order valence-corrected chi connectivity index (χ1v) is 12.0. The smallest absolute Gasteiger partial charge is 0.409 e. The van der Waals surface area contributed by atoms with E-state index in [9.17, 15) is 0 Å². The molecule has 2 aromatic rings. The summed E-state index contributed by atoms with van der Waals surface area (Å²) in [5.41, 5.74) is 14.7. The first-order valence-electron chi connectivity index (χ1n) is 10.3. The normalized spacial score (nSPS) is 9.23. The van der Waals surface area contributed by atoms with Gasteiger partial charge in [-0.15, -0.1) is 0 Å². The van der Waals surface area contributed by atoms with Crippen molar-refractivity contribution in [1.29, 1.82) is 0 Å². The van der Waals surface area contributed by atoms with Crippen molar-refractivity contribution < 1.29 is 42.1 Å². The van der Waals surface area contributed by atoms with E-state index in [0.717, 1.165) is 7.06 Å². The van der Waals surface area contributed by atoms with E-state index in [1.165, 1.54) is 55.6 Å². The van der Waals surface area contributed by atoms with Crippen molar-refractivity contribution in [1.82, 2.24) is 0 Å². The molecule has 2 rings (SSSR count). The van der Waals surface area contributed by atoms with Gasteiger partial charge in [0.15, 0.2) is 11.8 Å². The Kier molecular flexibility index (Phi) is 20.1. The summed E-state index contributed by atoms with van der Waals surface area (Å²) in [5.74, 6) is 0.133. The van der Waals surface area contributed by atoms with Gasteiger partial charge in [0.2, 0.25) is 0 Å². The molecule has 0 saturated carbocycles. The predicted octanol–water partition coefficient (Wildman–Crippen LogP) is 4.72. The molecular formula is C20H35B5Cl3W2-. The van der Waals surface area contributed by atoms with Crippen LogP contribution in [-0.4, -0.2) is 33.2 Å². The van der Waals surface area contributed by atoms with E-state index < -0.39 is 0 Å². The molecule has 0 amide bonds. The van der Waals surface area contributed by atoms with Crippen LogP contribution in [-0.2, 0) is 42.1 Å². The average molecular weight is 804 g/mol. The second-order valence-corrected chi connectivity index (χ2v) is 9.90. The van der Waals surface area contributed by atoms with E-state index in [1.54, 1.807) is 0 Å². The first kappa shape index (κ1) is 35.9. The van der Waals surface area contributed by atoms with Crippen LogP contribution in [0.4, 0.5) is 0 Å². The van der Waals surface area contributed by atoms with Gasteiger partial charge >= 0.3 is 21.1 Å². The molecule has 0 aliphatic heterocycles. The molecule has 0 aromatic heterocycles. The van der Waals surface area contributed by atoms with Crippen molar-refractivity contribution in [2.45, 2.75) is 69.2 Å². The maximum Gasteiger partial charge on any atom is 2.00 e. The zero-order valence-corrected chi connectivity index (χ0v) is 28.9. The van der Waals surface area contributed by atoms with Gasteiger partial charge in [0.1, 0.15) is 0 Å². The van der Waals surface area contributed by atoms with Gasteiger partial charge in [0, 0.05) is 27.7 Å². The van der Waals surface area contributed by atoms with Gasteiger partial charge in [-0.2, -0.15) is 55.6 Å². The van der Waals surface area contributed by atoms with Crippen LogP contribution in [0.5, 0.6) is 0 Å². The number of hydrogen-bond donors (Lipinski definition) is 0. The van der Waals surface area contributed by atoms with Crippen LogP contribution >= 0.6 is 34.4 Å². The van der Waals surface area contributed by atoms with Gasteiger partial charge in [0.05, 0.1) is 7.74 Å². The first-order chi connectivity index (χ1) is 12.8. The summed E-state index contributed by atoms with van der Waals surface area (Å²) >= 11 is 16.9. The molecule has 0 aliphatic rings. The Labute approximate surface area is 232 Å². The van der Waals surface area contributed by atoms with Gasteiger partial charge in [-0.3, -0.25) is 0 Å². The summed E-state index contributed by atoms with van der Waals surface area (Å²) in [6.45, 7) is 21.7. The Balaban J connectivity index is -0.000000356. The number of hydrogen-bond acceptors (Lipinski definition) is 0. The van der Waals surface area contributed by atoms with Crippen molar-refractivity contribution in [3.63, 3.8) is 0 Å². The molecule has 0 aliphatic carbocycles. The minimum atomic E-state index is -0.320. The SMILES string of the molecule is BB(Cl)B(Cl)B[BH2-]Cl.Cc1c(C)c(C)[c-](C)c1C.Cc1c(C)c(C)[c-](C)c1C.[W+2].[W]. The van der Waals surface area contributed by atoms with Gasteiger partial charge in [-0.1, -0.05) is 69.2 Å². The average Bonchev–Trinajstić information content (AvgIpc) is 2.93. The quantitative estimate of drug-likeness (QED) is 0.312. The zero-order valence-electron chi connectivity index (χ0n) is 20.8. The molecule has 0 unspecified atom stereocenters. The molecule has 0 N–H and O–H groups in total. The minimum absolute atomic E-state index is 0. The maximum absolute atomic E-state index is 5.73. The second-order valence-electron chi connectivity index (χ2n) is 8.12. The Hall–Kier alpha value is 1.27. The van der Waals surface area contributed by atoms with Crippen LogP contribution in [0.15, 0.2) is 0 Å². The fourth-order valence-electron chi connectivity index (χ4n) is 3.28. The monoisotopic (exact) mass is 803 g/mol. The van der Waals surface area contributed by atoms with Crippen molar-refractivity contribution >= 4 is 67.6 Å². The van der Waals surface area contributed by atoms with Crippen molar-refractivity contribution in [2.75, 3.05) is 0 Å². The Bertz CT molecular complexity index is 557. The van der Waals surface area contributed by atoms with E-state index >= 15 is 0 Å². The summed E-state index contributed by atoms with van der Waals surface area (Å²) in [6.07, 6.45) is 0. The fourth-order valence-corrected chi connectivity index (χ4v) is 4.11. The molecule has 0 nitrogen and oxygen atoms in total. The zero-order chi connectivity index (χ0) is 22.3. The second kappa shape index (κ2) is 16.8. The molecule has 0 saturated heterocycles. The summed E-state index contributed by atoms with van der Waals surface area (Å²) in [4.78, 5) is 0. The number of halogens is 3. The number of rotatable bonds is 3. The topological polar surface area (TPSA) is 0 Å². The van der Waals surface area contributed by atoms with Crippen molar-refractivity contribution in [3.8, 4) is 0 Å². The molecule has 0 spiro atoms. The third-order valence-electron chi connectivity index (χ3n) is 6.67. The summed E-state index contributed by atoms with van der Waals surface area (Å²) in [5, 5.41) is 0. The van der Waals surface area contributed by atoms with E-state index in [2.05, 4.69) is 69.2 Å². The standard InChI is InChI=1S/2C10H15.B5Cl3H5.2W/c2*1-6-7(2)9(4)10(5)8(6)3;1-4(7)5(8)2-3-6;;/h2*1-5H3;2H,1,3H2;;/q3*-1;;+2. The predicted molar refractivity (Wildman–Crippen MR) is 145 cm³/mol. The molecule has 0 atom stereocenters. The van der Waals surface area contributed by atoms with Gasteiger partial charge < -0.3 is 11.5 Å². The van der Waals surface area contributed by atoms with Gasteiger partial charge in [-0.05, 0) is 7.06 Å². The van der Waals surface area contributed by atoms with Crippen LogP contribution in [0.1, 0.15) is 55.6 Å². The molecule has 164 valence electrons. The third kappa shape index (κ3) is 10.0. The maximum atomic E-state index is 5.73. The van der Waals surface area contributed by atoms with E-state index in [0.29, 0.717) is 0 Å². The summed E-state index contributed by atoms with van der Waals surface area (Å²) < 4.78 is 0. The molecule has 0 fully saturated rings. The van der Waals surface area contributed by atoms with E-state index in [1.807, 2.05) is 7.74 Å². The summed E-state index contributed by atoms with van der Waals surface area (Å²) in [6, 6.07) is 0. The van der Waals surface area contributed by atoms with Crippen LogP contribution in [0.2, 0.25) is 0 Å². The molecule has 0 bridgehead atoms. The van der Waals surface area contributed by atoms with Crippen molar-refractivity contribution in [3.05, 3.63) is 55.6 Å². The van der Waals surface area contributed by atoms with Crippen LogP contribution in [0, 0.1) is 69.2 Å². The largest absolute Gasteiger partial charge is 2.00 e. The van der Waals surface area contributed by atoms with Crippen LogP contribution in [0.25, 0.3) is 0 Å².